The fourth-order valence-corrected chi connectivity index (χ4v) is 1.91. The third-order valence-electron chi connectivity index (χ3n) is 2.91. The van der Waals surface area contributed by atoms with Crippen LogP contribution in [-0.4, -0.2) is 11.1 Å². The SMILES string of the molecule is CC=Cc1ccccc1Oc1ccc(C(=O)O)cc1C. The van der Waals surface area contributed by atoms with Crippen molar-refractivity contribution in [1.82, 2.24) is 0 Å². The molecular weight excluding hydrogens is 252 g/mol. The van der Waals surface area contributed by atoms with E-state index in [1.807, 2.05) is 50.3 Å². The number of carbonyl (C=O) groups is 1. The topological polar surface area (TPSA) is 46.5 Å². The van der Waals surface area contributed by atoms with Crippen molar-refractivity contribution in [2.24, 2.45) is 0 Å². The lowest BCUT2D eigenvalue weighted by atomic mass is 10.1. The number of hydrogen-bond donors (Lipinski definition) is 1. The second-order valence-electron chi connectivity index (χ2n) is 4.43. The summed E-state index contributed by atoms with van der Waals surface area (Å²) in [4.78, 5) is 10.9. The zero-order valence-electron chi connectivity index (χ0n) is 11.5. The molecule has 0 aliphatic heterocycles. The first-order chi connectivity index (χ1) is 9.61. The normalized spacial score (nSPS) is 10.7. The number of benzene rings is 2. The van der Waals surface area contributed by atoms with Gasteiger partial charge in [0, 0.05) is 5.56 Å². The predicted octanol–water partition coefficient (Wildman–Crippen LogP) is 4.52. The van der Waals surface area contributed by atoms with Gasteiger partial charge in [0.2, 0.25) is 0 Å². The van der Waals surface area contributed by atoms with E-state index in [0.717, 1.165) is 16.9 Å². The van der Waals surface area contributed by atoms with Gasteiger partial charge in [-0.05, 0) is 43.7 Å². The van der Waals surface area contributed by atoms with Gasteiger partial charge in [0.25, 0.3) is 0 Å². The number of carboxylic acids is 1. The number of hydrogen-bond acceptors (Lipinski definition) is 2. The molecule has 0 aliphatic carbocycles. The number of carboxylic acid groups (broad SMARTS) is 1. The van der Waals surface area contributed by atoms with Crippen LogP contribution in [0.5, 0.6) is 11.5 Å². The van der Waals surface area contributed by atoms with Crippen LogP contribution in [0.2, 0.25) is 0 Å². The molecule has 3 nitrogen and oxygen atoms in total. The zero-order valence-corrected chi connectivity index (χ0v) is 11.5. The van der Waals surface area contributed by atoms with Gasteiger partial charge in [-0.2, -0.15) is 0 Å². The fourth-order valence-electron chi connectivity index (χ4n) is 1.91. The Bertz CT molecular complexity index is 657. The molecule has 0 unspecified atom stereocenters. The van der Waals surface area contributed by atoms with Gasteiger partial charge in [-0.15, -0.1) is 0 Å². The maximum Gasteiger partial charge on any atom is 0.335 e. The van der Waals surface area contributed by atoms with Gasteiger partial charge >= 0.3 is 5.97 Å². The molecule has 20 heavy (non-hydrogen) atoms. The zero-order chi connectivity index (χ0) is 14.5. The summed E-state index contributed by atoms with van der Waals surface area (Å²) in [6.45, 7) is 3.78. The van der Waals surface area contributed by atoms with Gasteiger partial charge < -0.3 is 9.84 Å². The van der Waals surface area contributed by atoms with E-state index in [1.165, 1.54) is 0 Å². The third kappa shape index (κ3) is 3.06. The summed E-state index contributed by atoms with van der Waals surface area (Å²) in [5.41, 5.74) is 2.04. The first-order valence-electron chi connectivity index (χ1n) is 6.35. The minimum atomic E-state index is -0.936. The number of ether oxygens (including phenoxy) is 1. The molecule has 0 spiro atoms. The predicted molar refractivity (Wildman–Crippen MR) is 79.4 cm³/mol. The van der Waals surface area contributed by atoms with E-state index in [0.29, 0.717) is 5.75 Å². The van der Waals surface area contributed by atoms with Crippen molar-refractivity contribution in [2.45, 2.75) is 13.8 Å². The van der Waals surface area contributed by atoms with Crippen LogP contribution in [0.1, 0.15) is 28.4 Å². The molecular formula is C17H16O3. The van der Waals surface area contributed by atoms with E-state index >= 15 is 0 Å². The molecule has 102 valence electrons. The molecule has 0 fully saturated rings. The summed E-state index contributed by atoms with van der Waals surface area (Å²) in [5, 5.41) is 8.95. The summed E-state index contributed by atoms with van der Waals surface area (Å²) in [6.07, 6.45) is 3.92. The average molecular weight is 268 g/mol. The van der Waals surface area contributed by atoms with Gasteiger partial charge in [0.1, 0.15) is 11.5 Å². The van der Waals surface area contributed by atoms with Crippen molar-refractivity contribution in [3.8, 4) is 11.5 Å². The second kappa shape index (κ2) is 6.06. The second-order valence-corrected chi connectivity index (χ2v) is 4.43. The van der Waals surface area contributed by atoms with Gasteiger partial charge in [-0.1, -0.05) is 30.4 Å². The molecule has 0 atom stereocenters. The lowest BCUT2D eigenvalue weighted by molar-refractivity contribution is 0.0697. The molecule has 2 aromatic rings. The Labute approximate surface area is 118 Å². The number of para-hydroxylation sites is 1. The van der Waals surface area contributed by atoms with E-state index in [-0.39, 0.29) is 5.56 Å². The molecule has 0 bridgehead atoms. The molecule has 2 rings (SSSR count). The number of rotatable bonds is 4. The van der Waals surface area contributed by atoms with Crippen LogP contribution >= 0.6 is 0 Å². The van der Waals surface area contributed by atoms with E-state index in [1.54, 1.807) is 18.2 Å². The highest BCUT2D eigenvalue weighted by atomic mass is 16.5. The molecule has 3 heteroatoms. The van der Waals surface area contributed by atoms with Crippen molar-refractivity contribution < 1.29 is 14.6 Å². The van der Waals surface area contributed by atoms with E-state index in [2.05, 4.69) is 0 Å². The van der Waals surface area contributed by atoms with Crippen LogP contribution < -0.4 is 4.74 Å². The average Bonchev–Trinajstić information content (AvgIpc) is 2.43. The van der Waals surface area contributed by atoms with Gasteiger partial charge in [-0.3, -0.25) is 0 Å². The molecule has 0 aliphatic rings. The van der Waals surface area contributed by atoms with Gasteiger partial charge in [0.05, 0.1) is 5.56 Å². The lowest BCUT2D eigenvalue weighted by Crippen LogP contribution is -1.97. The van der Waals surface area contributed by atoms with Crippen LogP contribution in [0.3, 0.4) is 0 Å². The van der Waals surface area contributed by atoms with Gasteiger partial charge in [-0.25, -0.2) is 4.79 Å². The summed E-state index contributed by atoms with van der Waals surface area (Å²) < 4.78 is 5.88. The molecule has 0 saturated heterocycles. The smallest absolute Gasteiger partial charge is 0.335 e. The number of aromatic carboxylic acids is 1. The Balaban J connectivity index is 2.33. The van der Waals surface area contributed by atoms with Crippen LogP contribution in [-0.2, 0) is 0 Å². The van der Waals surface area contributed by atoms with Crippen molar-refractivity contribution in [2.75, 3.05) is 0 Å². The molecule has 1 N–H and O–H groups in total. The maximum absolute atomic E-state index is 10.9. The number of aryl methyl sites for hydroxylation is 1. The van der Waals surface area contributed by atoms with Crippen LogP contribution in [0.15, 0.2) is 48.5 Å². The summed E-state index contributed by atoms with van der Waals surface area (Å²) >= 11 is 0. The Hall–Kier alpha value is -2.55. The van der Waals surface area contributed by atoms with Gasteiger partial charge in [0.15, 0.2) is 0 Å². The Morgan fingerprint density at radius 3 is 2.55 bits per heavy atom. The minimum Gasteiger partial charge on any atom is -0.478 e. The first kappa shape index (κ1) is 13.9. The fraction of sp³-hybridized carbons (Fsp3) is 0.118. The molecule has 2 aromatic carbocycles. The van der Waals surface area contributed by atoms with E-state index < -0.39 is 5.97 Å². The van der Waals surface area contributed by atoms with Crippen molar-refractivity contribution in [3.63, 3.8) is 0 Å². The lowest BCUT2D eigenvalue weighted by Gasteiger charge is -2.11. The van der Waals surface area contributed by atoms with E-state index in [4.69, 9.17) is 9.84 Å². The highest BCUT2D eigenvalue weighted by Crippen LogP contribution is 2.29. The monoisotopic (exact) mass is 268 g/mol. The molecule has 0 radical (unpaired) electrons. The Morgan fingerprint density at radius 2 is 1.90 bits per heavy atom. The summed E-state index contributed by atoms with van der Waals surface area (Å²) in [6, 6.07) is 12.5. The van der Waals surface area contributed by atoms with Crippen LogP contribution in [0, 0.1) is 6.92 Å². The highest BCUT2D eigenvalue weighted by Gasteiger charge is 2.08. The van der Waals surface area contributed by atoms with Crippen molar-refractivity contribution in [1.29, 1.82) is 0 Å². The Morgan fingerprint density at radius 1 is 1.15 bits per heavy atom. The largest absolute Gasteiger partial charge is 0.478 e. The highest BCUT2D eigenvalue weighted by molar-refractivity contribution is 5.88. The standard InChI is InChI=1S/C17H16O3/c1-3-6-13-7-4-5-8-16(13)20-15-10-9-14(17(18)19)11-12(15)2/h3-11H,1-2H3,(H,18,19). The third-order valence-corrected chi connectivity index (χ3v) is 2.91. The van der Waals surface area contributed by atoms with E-state index in [9.17, 15) is 4.79 Å². The molecule has 0 aromatic heterocycles. The van der Waals surface area contributed by atoms with Crippen LogP contribution in [0.4, 0.5) is 0 Å². The minimum absolute atomic E-state index is 0.261. The summed E-state index contributed by atoms with van der Waals surface area (Å²) in [7, 11) is 0. The van der Waals surface area contributed by atoms with Crippen LogP contribution in [0.25, 0.3) is 6.08 Å². The molecule has 0 saturated carbocycles. The maximum atomic E-state index is 10.9. The molecule has 0 heterocycles. The van der Waals surface area contributed by atoms with Crippen molar-refractivity contribution >= 4 is 12.0 Å². The Kier molecular flexibility index (Phi) is 4.20. The number of allylic oxidation sites excluding steroid dienone is 1. The van der Waals surface area contributed by atoms with Crippen molar-refractivity contribution in [3.05, 3.63) is 65.2 Å². The summed E-state index contributed by atoms with van der Waals surface area (Å²) in [5.74, 6) is 0.470. The first-order valence-corrected chi connectivity index (χ1v) is 6.35. The molecule has 0 amide bonds. The quantitative estimate of drug-likeness (QED) is 0.886.